The van der Waals surface area contributed by atoms with E-state index in [9.17, 15) is 4.79 Å². The Bertz CT molecular complexity index is 797. The second-order valence-electron chi connectivity index (χ2n) is 4.94. The highest BCUT2D eigenvalue weighted by molar-refractivity contribution is 7.80. The lowest BCUT2D eigenvalue weighted by molar-refractivity contribution is -0.113. The molecule has 1 aromatic carbocycles. The van der Waals surface area contributed by atoms with Crippen LogP contribution in [0.2, 0.25) is 0 Å². The minimum absolute atomic E-state index is 0.229. The van der Waals surface area contributed by atoms with Gasteiger partial charge in [-0.2, -0.15) is 5.10 Å². The van der Waals surface area contributed by atoms with E-state index in [-0.39, 0.29) is 5.91 Å². The molecule has 0 atom stereocenters. The third-order valence-electron chi connectivity index (χ3n) is 3.31. The van der Waals surface area contributed by atoms with Gasteiger partial charge in [-0.05, 0) is 43.4 Å². The minimum Gasteiger partial charge on any atom is -0.492 e. The van der Waals surface area contributed by atoms with Crippen molar-refractivity contribution in [2.45, 2.75) is 6.92 Å². The highest BCUT2D eigenvalue weighted by Crippen LogP contribution is 2.31. The molecule has 1 amide bonds. The number of hydrogen-bond donors (Lipinski definition) is 1. The Labute approximate surface area is 139 Å². The SMILES string of the molecule is CCOc1ccccc1N1C(=O)/C(=C\c2ccn(C)n2)NC1=S. The standard InChI is InChI=1S/C16H16N4O2S/c1-3-22-14-7-5-4-6-13(14)20-15(21)12(17-16(20)23)10-11-8-9-19(2)18-11/h4-10H,3H2,1-2H3,(H,17,23)/b12-10+. The van der Waals surface area contributed by atoms with Crippen LogP contribution in [0.3, 0.4) is 0 Å². The van der Waals surface area contributed by atoms with Crippen LogP contribution < -0.4 is 15.0 Å². The third kappa shape index (κ3) is 2.95. The first-order valence-corrected chi connectivity index (χ1v) is 7.59. The van der Waals surface area contributed by atoms with Crippen molar-refractivity contribution < 1.29 is 9.53 Å². The van der Waals surface area contributed by atoms with E-state index in [1.54, 1.807) is 16.8 Å². The van der Waals surface area contributed by atoms with Gasteiger partial charge in [0.25, 0.3) is 5.91 Å². The summed E-state index contributed by atoms with van der Waals surface area (Å²) in [5.74, 6) is 0.388. The molecule has 0 unspecified atom stereocenters. The van der Waals surface area contributed by atoms with Crippen LogP contribution in [0.1, 0.15) is 12.6 Å². The van der Waals surface area contributed by atoms with Gasteiger partial charge in [0.05, 0.1) is 18.0 Å². The lowest BCUT2D eigenvalue weighted by Gasteiger charge is -2.17. The van der Waals surface area contributed by atoms with Gasteiger partial charge in [0.1, 0.15) is 11.4 Å². The normalized spacial score (nSPS) is 16.1. The molecular formula is C16H16N4O2S. The molecule has 6 nitrogen and oxygen atoms in total. The highest BCUT2D eigenvalue weighted by Gasteiger charge is 2.33. The Morgan fingerprint density at radius 1 is 1.35 bits per heavy atom. The van der Waals surface area contributed by atoms with E-state index < -0.39 is 0 Å². The monoisotopic (exact) mass is 328 g/mol. The maximum absolute atomic E-state index is 12.7. The van der Waals surface area contributed by atoms with Crippen molar-refractivity contribution in [3.63, 3.8) is 0 Å². The summed E-state index contributed by atoms with van der Waals surface area (Å²) in [4.78, 5) is 14.1. The van der Waals surface area contributed by atoms with Gasteiger partial charge in [0.2, 0.25) is 0 Å². The van der Waals surface area contributed by atoms with Crippen LogP contribution in [0.25, 0.3) is 6.08 Å². The second-order valence-corrected chi connectivity index (χ2v) is 5.33. The number of aromatic nitrogens is 2. The number of thiocarbonyl (C=S) groups is 1. The number of carbonyl (C=O) groups excluding carboxylic acids is 1. The van der Waals surface area contributed by atoms with Crippen molar-refractivity contribution in [2.24, 2.45) is 7.05 Å². The van der Waals surface area contributed by atoms with E-state index in [0.717, 1.165) is 0 Å². The molecule has 2 aromatic rings. The van der Waals surface area contributed by atoms with Crippen LogP contribution >= 0.6 is 12.2 Å². The molecule has 0 saturated carbocycles. The summed E-state index contributed by atoms with van der Waals surface area (Å²) in [5.41, 5.74) is 1.70. The molecule has 1 aliphatic heterocycles. The molecule has 0 radical (unpaired) electrons. The zero-order valence-electron chi connectivity index (χ0n) is 12.8. The predicted octanol–water partition coefficient (Wildman–Crippen LogP) is 2.08. The molecule has 118 valence electrons. The summed E-state index contributed by atoms with van der Waals surface area (Å²) in [6, 6.07) is 9.14. The third-order valence-corrected chi connectivity index (χ3v) is 3.60. The van der Waals surface area contributed by atoms with Crippen molar-refractivity contribution in [3.05, 3.63) is 47.9 Å². The van der Waals surface area contributed by atoms with Crippen LogP contribution in [0.4, 0.5) is 5.69 Å². The van der Waals surface area contributed by atoms with E-state index >= 15 is 0 Å². The van der Waals surface area contributed by atoms with Gasteiger partial charge >= 0.3 is 0 Å². The van der Waals surface area contributed by atoms with Crippen molar-refractivity contribution in [2.75, 3.05) is 11.5 Å². The van der Waals surface area contributed by atoms with Crippen LogP contribution in [-0.4, -0.2) is 27.4 Å². The van der Waals surface area contributed by atoms with E-state index in [2.05, 4.69) is 10.4 Å². The van der Waals surface area contributed by atoms with E-state index in [1.165, 1.54) is 4.90 Å². The number of amides is 1. The van der Waals surface area contributed by atoms with Crippen LogP contribution in [0, 0.1) is 0 Å². The van der Waals surface area contributed by atoms with Gasteiger partial charge in [-0.3, -0.25) is 9.48 Å². The lowest BCUT2D eigenvalue weighted by Crippen LogP contribution is -2.30. The van der Waals surface area contributed by atoms with Gasteiger partial charge in [0.15, 0.2) is 5.11 Å². The number of rotatable bonds is 4. The Morgan fingerprint density at radius 3 is 2.83 bits per heavy atom. The van der Waals surface area contributed by atoms with Gasteiger partial charge in [-0.15, -0.1) is 0 Å². The molecule has 1 N–H and O–H groups in total. The number of anilines is 1. The first-order chi connectivity index (χ1) is 11.1. The number of para-hydroxylation sites is 2. The molecule has 1 fully saturated rings. The maximum atomic E-state index is 12.7. The van der Waals surface area contributed by atoms with Crippen LogP contribution in [-0.2, 0) is 11.8 Å². The first kappa shape index (κ1) is 15.2. The number of nitrogens with one attached hydrogen (secondary N) is 1. The summed E-state index contributed by atoms with van der Waals surface area (Å²) in [6.07, 6.45) is 3.49. The molecule has 3 rings (SSSR count). The Balaban J connectivity index is 1.95. The summed E-state index contributed by atoms with van der Waals surface area (Å²) >= 11 is 5.31. The molecule has 0 bridgehead atoms. The molecule has 0 aliphatic carbocycles. The van der Waals surface area contributed by atoms with E-state index in [4.69, 9.17) is 17.0 Å². The second kappa shape index (κ2) is 6.21. The number of benzene rings is 1. The summed E-state index contributed by atoms with van der Waals surface area (Å²) in [5, 5.41) is 7.51. The van der Waals surface area contributed by atoms with E-state index in [1.807, 2.05) is 44.4 Å². The van der Waals surface area contributed by atoms with Gasteiger partial charge < -0.3 is 10.1 Å². The fourth-order valence-electron chi connectivity index (χ4n) is 2.33. The molecule has 1 aliphatic rings. The fraction of sp³-hybridized carbons (Fsp3) is 0.188. The highest BCUT2D eigenvalue weighted by atomic mass is 32.1. The first-order valence-electron chi connectivity index (χ1n) is 7.18. The topological polar surface area (TPSA) is 59.4 Å². The lowest BCUT2D eigenvalue weighted by atomic mass is 10.2. The van der Waals surface area contributed by atoms with E-state index in [0.29, 0.717) is 34.5 Å². The summed E-state index contributed by atoms with van der Waals surface area (Å²) in [7, 11) is 1.82. The van der Waals surface area contributed by atoms with Crippen molar-refractivity contribution in [1.29, 1.82) is 0 Å². The Morgan fingerprint density at radius 2 is 2.13 bits per heavy atom. The maximum Gasteiger partial charge on any atom is 0.281 e. The molecule has 0 spiro atoms. The molecular weight excluding hydrogens is 312 g/mol. The molecule has 23 heavy (non-hydrogen) atoms. The molecule has 2 heterocycles. The molecule has 7 heteroatoms. The number of hydrogen-bond acceptors (Lipinski definition) is 4. The van der Waals surface area contributed by atoms with Crippen LogP contribution in [0.15, 0.2) is 42.2 Å². The Hall–Kier alpha value is -2.67. The smallest absolute Gasteiger partial charge is 0.281 e. The van der Waals surface area contributed by atoms with Crippen molar-refractivity contribution in [1.82, 2.24) is 15.1 Å². The zero-order chi connectivity index (χ0) is 16.4. The van der Waals surface area contributed by atoms with Crippen LogP contribution in [0.5, 0.6) is 5.75 Å². The number of carbonyl (C=O) groups is 1. The Kier molecular flexibility index (Phi) is 4.12. The molecule has 1 saturated heterocycles. The average Bonchev–Trinajstić information content (AvgIpc) is 3.05. The summed E-state index contributed by atoms with van der Waals surface area (Å²) < 4.78 is 7.26. The zero-order valence-corrected chi connectivity index (χ0v) is 13.6. The van der Waals surface area contributed by atoms with Crippen molar-refractivity contribution >= 4 is 35.0 Å². The number of aryl methyl sites for hydroxylation is 1. The fourth-order valence-corrected chi connectivity index (χ4v) is 2.62. The minimum atomic E-state index is -0.229. The predicted molar refractivity (Wildman–Crippen MR) is 92.0 cm³/mol. The molecule has 1 aromatic heterocycles. The number of ether oxygens (including phenoxy) is 1. The summed E-state index contributed by atoms with van der Waals surface area (Å²) in [6.45, 7) is 2.40. The average molecular weight is 328 g/mol. The van der Waals surface area contributed by atoms with Gasteiger partial charge in [0, 0.05) is 13.2 Å². The van der Waals surface area contributed by atoms with Crippen molar-refractivity contribution in [3.8, 4) is 5.75 Å². The number of nitrogens with zero attached hydrogens (tertiary/aromatic N) is 3. The quantitative estimate of drug-likeness (QED) is 0.688. The van der Waals surface area contributed by atoms with Gasteiger partial charge in [-0.1, -0.05) is 12.1 Å². The largest absolute Gasteiger partial charge is 0.492 e. The van der Waals surface area contributed by atoms with Gasteiger partial charge in [-0.25, -0.2) is 4.90 Å².